The summed E-state index contributed by atoms with van der Waals surface area (Å²) in [5, 5.41) is 0. The predicted octanol–water partition coefficient (Wildman–Crippen LogP) is 3.62. The lowest BCUT2D eigenvalue weighted by Gasteiger charge is -2.23. The molecule has 1 saturated carbocycles. The Bertz CT molecular complexity index is 419. The molecular formula is C13H13F3O. The first-order valence-corrected chi connectivity index (χ1v) is 5.65. The summed E-state index contributed by atoms with van der Waals surface area (Å²) in [5.74, 6) is 0.139. The van der Waals surface area contributed by atoms with Gasteiger partial charge in [0.2, 0.25) is 0 Å². The molecule has 0 atom stereocenters. The van der Waals surface area contributed by atoms with Crippen molar-refractivity contribution in [2.24, 2.45) is 5.92 Å². The Morgan fingerprint density at radius 3 is 2.53 bits per heavy atom. The zero-order chi connectivity index (χ0) is 12.5. The molecule has 1 aromatic rings. The summed E-state index contributed by atoms with van der Waals surface area (Å²) in [4.78, 5) is 11.7. The molecule has 1 aliphatic carbocycles. The van der Waals surface area contributed by atoms with E-state index in [1.54, 1.807) is 6.07 Å². The summed E-state index contributed by atoms with van der Waals surface area (Å²) in [6.45, 7) is 0. The average molecular weight is 242 g/mol. The Morgan fingerprint density at radius 2 is 2.00 bits per heavy atom. The SMILES string of the molecule is O=C(Cc1cccc(C(F)(F)F)c1)C1CCC1. The van der Waals surface area contributed by atoms with Gasteiger partial charge in [-0.1, -0.05) is 24.6 Å². The Morgan fingerprint density at radius 1 is 1.29 bits per heavy atom. The first-order valence-electron chi connectivity index (χ1n) is 5.65. The van der Waals surface area contributed by atoms with Crippen molar-refractivity contribution in [3.8, 4) is 0 Å². The summed E-state index contributed by atoms with van der Waals surface area (Å²) < 4.78 is 37.4. The lowest BCUT2D eigenvalue weighted by atomic mass is 9.80. The van der Waals surface area contributed by atoms with Crippen molar-refractivity contribution in [1.82, 2.24) is 0 Å². The zero-order valence-corrected chi connectivity index (χ0v) is 9.26. The molecule has 0 saturated heterocycles. The smallest absolute Gasteiger partial charge is 0.299 e. The minimum atomic E-state index is -4.34. The fraction of sp³-hybridized carbons (Fsp3) is 0.462. The molecule has 0 amide bonds. The van der Waals surface area contributed by atoms with Gasteiger partial charge in [-0.25, -0.2) is 0 Å². The number of rotatable bonds is 3. The van der Waals surface area contributed by atoms with Crippen LogP contribution >= 0.6 is 0 Å². The number of Topliss-reactive ketones (excluding diaryl/α,β-unsaturated/α-hetero) is 1. The topological polar surface area (TPSA) is 17.1 Å². The van der Waals surface area contributed by atoms with E-state index in [0.717, 1.165) is 31.4 Å². The Balaban J connectivity index is 2.08. The van der Waals surface area contributed by atoms with Crippen molar-refractivity contribution in [2.75, 3.05) is 0 Å². The number of alkyl halides is 3. The predicted molar refractivity (Wildman–Crippen MR) is 57.5 cm³/mol. The second-order valence-electron chi connectivity index (χ2n) is 4.47. The van der Waals surface area contributed by atoms with Crippen LogP contribution in [0.4, 0.5) is 13.2 Å². The second kappa shape index (κ2) is 4.51. The van der Waals surface area contributed by atoms with E-state index in [-0.39, 0.29) is 18.1 Å². The van der Waals surface area contributed by atoms with E-state index in [4.69, 9.17) is 0 Å². The highest BCUT2D eigenvalue weighted by molar-refractivity contribution is 5.83. The highest BCUT2D eigenvalue weighted by Gasteiger charge is 2.31. The third-order valence-electron chi connectivity index (χ3n) is 3.19. The highest BCUT2D eigenvalue weighted by atomic mass is 19.4. The van der Waals surface area contributed by atoms with Crippen molar-refractivity contribution in [3.63, 3.8) is 0 Å². The van der Waals surface area contributed by atoms with Crippen molar-refractivity contribution < 1.29 is 18.0 Å². The van der Waals surface area contributed by atoms with Gasteiger partial charge in [-0.3, -0.25) is 4.79 Å². The van der Waals surface area contributed by atoms with Gasteiger partial charge in [0.05, 0.1) is 5.56 Å². The van der Waals surface area contributed by atoms with E-state index in [2.05, 4.69) is 0 Å². The highest BCUT2D eigenvalue weighted by Crippen LogP contribution is 2.31. The maximum atomic E-state index is 12.5. The van der Waals surface area contributed by atoms with Crippen LogP contribution < -0.4 is 0 Å². The van der Waals surface area contributed by atoms with Gasteiger partial charge in [-0.05, 0) is 24.5 Å². The monoisotopic (exact) mass is 242 g/mol. The second-order valence-corrected chi connectivity index (χ2v) is 4.47. The Labute approximate surface area is 97.6 Å². The van der Waals surface area contributed by atoms with Crippen molar-refractivity contribution in [1.29, 1.82) is 0 Å². The molecule has 1 fully saturated rings. The van der Waals surface area contributed by atoms with Gasteiger partial charge in [-0.15, -0.1) is 0 Å². The lowest BCUT2D eigenvalue weighted by Crippen LogP contribution is -2.23. The molecule has 0 radical (unpaired) electrons. The van der Waals surface area contributed by atoms with Gasteiger partial charge in [0.25, 0.3) is 0 Å². The maximum absolute atomic E-state index is 12.5. The van der Waals surface area contributed by atoms with Crippen LogP contribution in [0.3, 0.4) is 0 Å². The third kappa shape index (κ3) is 2.87. The van der Waals surface area contributed by atoms with Gasteiger partial charge < -0.3 is 0 Å². The normalized spacial score (nSPS) is 16.6. The quantitative estimate of drug-likeness (QED) is 0.791. The van der Waals surface area contributed by atoms with Crippen LogP contribution in [0.1, 0.15) is 30.4 Å². The minimum absolute atomic E-state index is 0.0653. The van der Waals surface area contributed by atoms with Gasteiger partial charge in [0.15, 0.2) is 0 Å². The molecule has 0 spiro atoms. The molecule has 1 aliphatic rings. The van der Waals surface area contributed by atoms with Gasteiger partial charge in [0.1, 0.15) is 5.78 Å². The minimum Gasteiger partial charge on any atom is -0.299 e. The van der Waals surface area contributed by atoms with Crippen LogP contribution in [0.15, 0.2) is 24.3 Å². The zero-order valence-electron chi connectivity index (χ0n) is 9.26. The molecule has 0 unspecified atom stereocenters. The lowest BCUT2D eigenvalue weighted by molar-refractivity contribution is -0.137. The number of hydrogen-bond acceptors (Lipinski definition) is 1. The van der Waals surface area contributed by atoms with E-state index in [1.165, 1.54) is 6.07 Å². The van der Waals surface area contributed by atoms with Crippen LogP contribution in [0.5, 0.6) is 0 Å². The number of carbonyl (C=O) groups is 1. The summed E-state index contributed by atoms with van der Waals surface area (Å²) in [5.41, 5.74) is -0.229. The van der Waals surface area contributed by atoms with E-state index in [0.29, 0.717) is 5.56 Å². The molecule has 0 bridgehead atoms. The standard InChI is InChI=1S/C13H13F3O/c14-13(15,16)11-6-1-3-9(7-11)8-12(17)10-4-2-5-10/h1,3,6-7,10H,2,4-5,8H2. The molecule has 4 heteroatoms. The van der Waals surface area contributed by atoms with Crippen LogP contribution in [-0.4, -0.2) is 5.78 Å². The molecule has 92 valence electrons. The van der Waals surface area contributed by atoms with Gasteiger partial charge >= 0.3 is 6.18 Å². The van der Waals surface area contributed by atoms with E-state index >= 15 is 0 Å². The molecule has 1 aromatic carbocycles. The summed E-state index contributed by atoms with van der Waals surface area (Å²) in [6.07, 6.45) is -1.39. The van der Waals surface area contributed by atoms with Crippen LogP contribution in [0.25, 0.3) is 0 Å². The summed E-state index contributed by atoms with van der Waals surface area (Å²) >= 11 is 0. The number of ketones is 1. The van der Waals surface area contributed by atoms with Crippen LogP contribution in [0.2, 0.25) is 0 Å². The van der Waals surface area contributed by atoms with Crippen molar-refractivity contribution in [2.45, 2.75) is 31.9 Å². The number of halogens is 3. The third-order valence-corrected chi connectivity index (χ3v) is 3.19. The first-order chi connectivity index (χ1) is 7.97. The van der Waals surface area contributed by atoms with Crippen LogP contribution in [0, 0.1) is 5.92 Å². The van der Waals surface area contributed by atoms with E-state index in [9.17, 15) is 18.0 Å². The molecule has 1 nitrogen and oxygen atoms in total. The van der Waals surface area contributed by atoms with Gasteiger partial charge in [-0.2, -0.15) is 13.2 Å². The number of carbonyl (C=O) groups excluding carboxylic acids is 1. The number of hydrogen-bond donors (Lipinski definition) is 0. The van der Waals surface area contributed by atoms with E-state index < -0.39 is 11.7 Å². The first kappa shape index (κ1) is 12.1. The summed E-state index contributed by atoms with van der Waals surface area (Å²) in [6, 6.07) is 5.02. The molecule has 0 aliphatic heterocycles. The molecule has 2 rings (SSSR count). The fourth-order valence-corrected chi connectivity index (χ4v) is 1.93. The maximum Gasteiger partial charge on any atom is 0.416 e. The molecule has 0 heterocycles. The fourth-order valence-electron chi connectivity index (χ4n) is 1.93. The molecular weight excluding hydrogens is 229 g/mol. The molecule has 17 heavy (non-hydrogen) atoms. The van der Waals surface area contributed by atoms with Crippen molar-refractivity contribution >= 4 is 5.78 Å². The number of benzene rings is 1. The Hall–Kier alpha value is -1.32. The average Bonchev–Trinajstić information content (AvgIpc) is 2.13. The van der Waals surface area contributed by atoms with Gasteiger partial charge in [0, 0.05) is 12.3 Å². The van der Waals surface area contributed by atoms with E-state index in [1.807, 2.05) is 0 Å². The Kier molecular flexibility index (Phi) is 3.22. The molecule has 0 N–H and O–H groups in total. The summed E-state index contributed by atoms with van der Waals surface area (Å²) in [7, 11) is 0. The molecule has 0 aromatic heterocycles. The largest absolute Gasteiger partial charge is 0.416 e. The van der Waals surface area contributed by atoms with Crippen molar-refractivity contribution in [3.05, 3.63) is 35.4 Å². The van der Waals surface area contributed by atoms with Crippen LogP contribution in [-0.2, 0) is 17.4 Å².